The standard InChI is InChI=1S/C28H29N7O/c1-33-25(14-15-29-33)21-6-4-7-22(20-21)26-8-5-9-27-31-28(32-35(26)27)30-23-10-12-24(13-11-23)36-19-18-34-16-2-3-17-34/h4-15,20H,2-3,16-19H2,1H3,(H,30,32). The molecule has 3 aromatic heterocycles. The summed E-state index contributed by atoms with van der Waals surface area (Å²) in [5, 5.41) is 12.4. The molecule has 0 saturated carbocycles. The third-order valence-electron chi connectivity index (χ3n) is 6.62. The second-order valence-corrected chi connectivity index (χ2v) is 9.08. The molecule has 5 aromatic rings. The molecule has 182 valence electrons. The van der Waals surface area contributed by atoms with Crippen LogP contribution < -0.4 is 10.1 Å². The van der Waals surface area contributed by atoms with Crippen molar-refractivity contribution in [3.8, 4) is 28.3 Å². The number of anilines is 2. The lowest BCUT2D eigenvalue weighted by molar-refractivity contribution is 0.238. The van der Waals surface area contributed by atoms with Gasteiger partial charge in [-0.15, -0.1) is 5.10 Å². The molecule has 4 heterocycles. The van der Waals surface area contributed by atoms with Crippen LogP contribution in [0.4, 0.5) is 11.6 Å². The average Bonchev–Trinajstić information content (AvgIpc) is 3.66. The largest absolute Gasteiger partial charge is 0.492 e. The van der Waals surface area contributed by atoms with Gasteiger partial charge in [-0.1, -0.05) is 24.3 Å². The third kappa shape index (κ3) is 4.67. The zero-order chi connectivity index (χ0) is 24.3. The Morgan fingerprint density at radius 2 is 1.67 bits per heavy atom. The van der Waals surface area contributed by atoms with Gasteiger partial charge in [-0.05, 0) is 74.5 Å². The maximum absolute atomic E-state index is 5.92. The SMILES string of the molecule is Cn1nccc1-c1cccc(-c2cccc3nc(Nc4ccc(OCCN5CCCC5)cc4)nn23)c1. The van der Waals surface area contributed by atoms with Crippen LogP contribution in [0.1, 0.15) is 12.8 Å². The molecule has 1 saturated heterocycles. The fourth-order valence-corrected chi connectivity index (χ4v) is 4.73. The van der Waals surface area contributed by atoms with Crippen molar-refractivity contribution in [2.75, 3.05) is 31.6 Å². The molecule has 8 heteroatoms. The summed E-state index contributed by atoms with van der Waals surface area (Å²) in [5.74, 6) is 1.42. The summed E-state index contributed by atoms with van der Waals surface area (Å²) in [6.45, 7) is 4.08. The van der Waals surface area contributed by atoms with Crippen LogP contribution in [0.15, 0.2) is 79.0 Å². The number of fused-ring (bicyclic) bond motifs is 1. The molecule has 0 unspecified atom stereocenters. The maximum atomic E-state index is 5.92. The maximum Gasteiger partial charge on any atom is 0.247 e. The van der Waals surface area contributed by atoms with E-state index in [9.17, 15) is 0 Å². The summed E-state index contributed by atoms with van der Waals surface area (Å²) in [6, 6.07) is 24.4. The first-order chi connectivity index (χ1) is 17.7. The van der Waals surface area contributed by atoms with Crippen molar-refractivity contribution in [1.82, 2.24) is 29.3 Å². The number of hydrogen-bond donors (Lipinski definition) is 1. The topological polar surface area (TPSA) is 72.5 Å². The second kappa shape index (κ2) is 9.83. The lowest BCUT2D eigenvalue weighted by atomic mass is 10.1. The van der Waals surface area contributed by atoms with E-state index in [4.69, 9.17) is 9.84 Å². The van der Waals surface area contributed by atoms with Crippen LogP contribution in [0.25, 0.3) is 28.2 Å². The first-order valence-electron chi connectivity index (χ1n) is 12.4. The van der Waals surface area contributed by atoms with Crippen molar-refractivity contribution < 1.29 is 4.74 Å². The van der Waals surface area contributed by atoms with E-state index in [0.717, 1.165) is 46.1 Å². The molecule has 6 rings (SSSR count). The molecular weight excluding hydrogens is 450 g/mol. The molecule has 8 nitrogen and oxygen atoms in total. The van der Waals surface area contributed by atoms with Gasteiger partial charge in [0, 0.05) is 36.6 Å². The molecule has 1 fully saturated rings. The van der Waals surface area contributed by atoms with Crippen LogP contribution in [0.5, 0.6) is 5.75 Å². The van der Waals surface area contributed by atoms with Gasteiger partial charge in [0.1, 0.15) is 12.4 Å². The predicted octanol–water partition coefficient (Wildman–Crippen LogP) is 5.02. The van der Waals surface area contributed by atoms with Crippen LogP contribution in [0.3, 0.4) is 0 Å². The Balaban J connectivity index is 1.18. The summed E-state index contributed by atoms with van der Waals surface area (Å²) in [5.41, 5.74) is 5.89. The molecule has 1 aliphatic heterocycles. The number of ether oxygens (including phenoxy) is 1. The highest BCUT2D eigenvalue weighted by Gasteiger charge is 2.12. The first-order valence-corrected chi connectivity index (χ1v) is 12.4. The average molecular weight is 480 g/mol. The van der Waals surface area contributed by atoms with Crippen LogP contribution in [0.2, 0.25) is 0 Å². The highest BCUT2D eigenvalue weighted by molar-refractivity contribution is 5.71. The molecule has 0 bridgehead atoms. The van der Waals surface area contributed by atoms with Gasteiger partial charge in [0.2, 0.25) is 5.95 Å². The van der Waals surface area contributed by atoms with Gasteiger partial charge in [-0.2, -0.15) is 10.1 Å². The molecular formula is C28H29N7O. The third-order valence-corrected chi connectivity index (χ3v) is 6.62. The zero-order valence-electron chi connectivity index (χ0n) is 20.3. The monoisotopic (exact) mass is 479 g/mol. The highest BCUT2D eigenvalue weighted by atomic mass is 16.5. The fourth-order valence-electron chi connectivity index (χ4n) is 4.73. The number of pyridine rings is 1. The molecule has 0 amide bonds. The molecule has 0 atom stereocenters. The van der Waals surface area contributed by atoms with Crippen molar-refractivity contribution in [2.24, 2.45) is 7.05 Å². The van der Waals surface area contributed by atoms with E-state index in [1.807, 2.05) is 64.9 Å². The number of benzene rings is 2. The Labute approximate surface area is 210 Å². The number of likely N-dealkylation sites (tertiary alicyclic amines) is 1. The smallest absolute Gasteiger partial charge is 0.247 e. The summed E-state index contributed by atoms with van der Waals surface area (Å²) in [6.07, 6.45) is 4.42. The number of nitrogens with one attached hydrogen (secondary N) is 1. The number of aryl methyl sites for hydroxylation is 1. The van der Waals surface area contributed by atoms with Gasteiger partial charge < -0.3 is 10.1 Å². The number of rotatable bonds is 8. The summed E-state index contributed by atoms with van der Waals surface area (Å²) in [4.78, 5) is 7.14. The lowest BCUT2D eigenvalue weighted by Crippen LogP contribution is -2.25. The fraction of sp³-hybridized carbons (Fsp3) is 0.250. The van der Waals surface area contributed by atoms with E-state index < -0.39 is 0 Å². The minimum atomic E-state index is 0.549. The van der Waals surface area contributed by atoms with E-state index in [1.165, 1.54) is 25.9 Å². The minimum Gasteiger partial charge on any atom is -0.492 e. The van der Waals surface area contributed by atoms with Gasteiger partial charge in [-0.25, -0.2) is 4.52 Å². The molecule has 0 spiro atoms. The van der Waals surface area contributed by atoms with Crippen LogP contribution in [-0.2, 0) is 7.05 Å². The molecule has 1 aliphatic rings. The van der Waals surface area contributed by atoms with Crippen molar-refractivity contribution in [2.45, 2.75) is 12.8 Å². The summed E-state index contributed by atoms with van der Waals surface area (Å²) in [7, 11) is 1.95. The number of aromatic nitrogens is 5. The van der Waals surface area contributed by atoms with Gasteiger partial charge >= 0.3 is 0 Å². The quantitative estimate of drug-likeness (QED) is 0.337. The molecule has 2 aromatic carbocycles. The highest BCUT2D eigenvalue weighted by Crippen LogP contribution is 2.27. The molecule has 0 aliphatic carbocycles. The normalized spacial score (nSPS) is 13.9. The van der Waals surface area contributed by atoms with Crippen molar-refractivity contribution in [1.29, 1.82) is 0 Å². The molecule has 36 heavy (non-hydrogen) atoms. The Morgan fingerprint density at radius 1 is 0.889 bits per heavy atom. The summed E-state index contributed by atoms with van der Waals surface area (Å²) < 4.78 is 9.67. The van der Waals surface area contributed by atoms with Crippen molar-refractivity contribution in [3.05, 3.63) is 79.0 Å². The van der Waals surface area contributed by atoms with Crippen LogP contribution in [-0.4, -0.2) is 55.5 Å². The second-order valence-electron chi connectivity index (χ2n) is 9.08. The predicted molar refractivity (Wildman–Crippen MR) is 142 cm³/mol. The minimum absolute atomic E-state index is 0.549. The summed E-state index contributed by atoms with van der Waals surface area (Å²) >= 11 is 0. The van der Waals surface area contributed by atoms with E-state index in [2.05, 4.69) is 50.6 Å². The Hall–Kier alpha value is -4.17. The van der Waals surface area contributed by atoms with Crippen molar-refractivity contribution in [3.63, 3.8) is 0 Å². The van der Waals surface area contributed by atoms with Gasteiger partial charge in [0.05, 0.1) is 11.4 Å². The van der Waals surface area contributed by atoms with Crippen LogP contribution >= 0.6 is 0 Å². The number of nitrogens with zero attached hydrogens (tertiary/aromatic N) is 6. The van der Waals surface area contributed by atoms with E-state index in [1.54, 1.807) is 0 Å². The van der Waals surface area contributed by atoms with Crippen molar-refractivity contribution >= 4 is 17.3 Å². The Morgan fingerprint density at radius 3 is 2.44 bits per heavy atom. The van der Waals surface area contributed by atoms with Gasteiger partial charge in [-0.3, -0.25) is 9.58 Å². The Kier molecular flexibility index (Phi) is 6.09. The zero-order valence-corrected chi connectivity index (χ0v) is 20.3. The number of hydrogen-bond acceptors (Lipinski definition) is 6. The van der Waals surface area contributed by atoms with E-state index in [0.29, 0.717) is 12.6 Å². The molecule has 0 radical (unpaired) electrons. The Bertz CT molecular complexity index is 1470. The van der Waals surface area contributed by atoms with E-state index >= 15 is 0 Å². The van der Waals surface area contributed by atoms with E-state index in [-0.39, 0.29) is 0 Å². The lowest BCUT2D eigenvalue weighted by Gasteiger charge is -2.15. The molecule has 1 N–H and O–H groups in total. The first kappa shape index (κ1) is 22.3. The van der Waals surface area contributed by atoms with Gasteiger partial charge in [0.25, 0.3) is 0 Å². The van der Waals surface area contributed by atoms with Crippen LogP contribution in [0, 0.1) is 0 Å². The van der Waals surface area contributed by atoms with Gasteiger partial charge in [0.15, 0.2) is 5.65 Å².